The van der Waals surface area contributed by atoms with Gasteiger partial charge in [-0.15, -0.1) is 0 Å². The number of ketones is 1. The average Bonchev–Trinajstić information content (AvgIpc) is 3.06. The number of nitrogens with one attached hydrogen (secondary N) is 1. The largest absolute Gasteiger partial charge is 0.462 e. The van der Waals surface area contributed by atoms with E-state index in [2.05, 4.69) is 4.98 Å². The van der Waals surface area contributed by atoms with Gasteiger partial charge in [-0.05, 0) is 44.0 Å². The molecular weight excluding hydrogens is 396 g/mol. The van der Waals surface area contributed by atoms with Crippen LogP contribution in [0, 0.1) is 24.0 Å². The number of non-ortho nitro benzene ring substituents is 1. The molecular formula is C24H24N2O5. The van der Waals surface area contributed by atoms with E-state index in [-0.39, 0.29) is 30.4 Å². The highest BCUT2D eigenvalue weighted by Crippen LogP contribution is 2.34. The summed E-state index contributed by atoms with van der Waals surface area (Å²) in [4.78, 5) is 39.1. The van der Waals surface area contributed by atoms with Gasteiger partial charge in [0.05, 0.1) is 17.1 Å². The number of aromatic nitrogens is 1. The number of benzene rings is 2. The van der Waals surface area contributed by atoms with Gasteiger partial charge in [0.25, 0.3) is 5.69 Å². The minimum Gasteiger partial charge on any atom is -0.462 e. The summed E-state index contributed by atoms with van der Waals surface area (Å²) < 4.78 is 5.19. The molecule has 0 bridgehead atoms. The van der Waals surface area contributed by atoms with E-state index in [0.29, 0.717) is 16.8 Å². The summed E-state index contributed by atoms with van der Waals surface area (Å²) in [6.45, 7) is 5.69. The van der Waals surface area contributed by atoms with Gasteiger partial charge in [0.1, 0.15) is 0 Å². The highest BCUT2D eigenvalue weighted by molar-refractivity contribution is 5.97. The van der Waals surface area contributed by atoms with E-state index < -0.39 is 10.9 Å². The third-order valence-corrected chi connectivity index (χ3v) is 5.30. The predicted molar refractivity (Wildman–Crippen MR) is 117 cm³/mol. The van der Waals surface area contributed by atoms with Crippen LogP contribution in [0.4, 0.5) is 5.69 Å². The summed E-state index contributed by atoms with van der Waals surface area (Å²) in [6, 6.07) is 15.2. The molecule has 2 aromatic carbocycles. The number of hydrogen-bond donors (Lipinski definition) is 1. The van der Waals surface area contributed by atoms with Crippen LogP contribution in [0.3, 0.4) is 0 Å². The molecule has 0 saturated heterocycles. The van der Waals surface area contributed by atoms with Crippen molar-refractivity contribution in [1.82, 2.24) is 4.98 Å². The topological polar surface area (TPSA) is 102 Å². The first-order valence-corrected chi connectivity index (χ1v) is 10.0. The van der Waals surface area contributed by atoms with Gasteiger partial charge >= 0.3 is 5.97 Å². The maximum Gasteiger partial charge on any atom is 0.340 e. The maximum atomic E-state index is 13.0. The maximum absolute atomic E-state index is 13.0. The number of nitro groups is 1. The molecule has 0 radical (unpaired) electrons. The van der Waals surface area contributed by atoms with Gasteiger partial charge in [0.15, 0.2) is 5.78 Å². The predicted octanol–water partition coefficient (Wildman–Crippen LogP) is 5.12. The number of nitro benzene ring substituents is 1. The molecule has 7 nitrogen and oxygen atoms in total. The molecule has 0 amide bonds. The van der Waals surface area contributed by atoms with E-state index in [1.165, 1.54) is 24.3 Å². The molecule has 31 heavy (non-hydrogen) atoms. The Balaban J connectivity index is 1.99. The lowest BCUT2D eigenvalue weighted by atomic mass is 9.87. The second-order valence-electron chi connectivity index (χ2n) is 7.28. The second-order valence-corrected chi connectivity index (χ2v) is 7.28. The molecule has 0 aliphatic heterocycles. The summed E-state index contributed by atoms with van der Waals surface area (Å²) >= 11 is 0. The van der Waals surface area contributed by atoms with Crippen LogP contribution < -0.4 is 0 Å². The van der Waals surface area contributed by atoms with Crippen LogP contribution in [-0.4, -0.2) is 28.3 Å². The normalized spacial score (nSPS) is 11.7. The first-order valence-electron chi connectivity index (χ1n) is 10.0. The van der Waals surface area contributed by atoms with E-state index in [0.717, 1.165) is 16.8 Å². The van der Waals surface area contributed by atoms with E-state index in [1.54, 1.807) is 6.92 Å². The summed E-state index contributed by atoms with van der Waals surface area (Å²) in [5.41, 5.74) is 3.97. The molecule has 1 atom stereocenters. The van der Waals surface area contributed by atoms with Crippen molar-refractivity contribution in [3.05, 3.63) is 98.4 Å². The second kappa shape index (κ2) is 9.38. The molecule has 7 heteroatoms. The van der Waals surface area contributed by atoms with Gasteiger partial charge in [0, 0.05) is 41.4 Å². The first kappa shape index (κ1) is 22.0. The third-order valence-electron chi connectivity index (χ3n) is 5.30. The quantitative estimate of drug-likeness (QED) is 0.236. The van der Waals surface area contributed by atoms with E-state index in [4.69, 9.17) is 4.74 Å². The SMILES string of the molecule is CCOC(=O)c1c(C)[nH]c(C(CC(=O)c2ccc([N+](=O)[O-])cc2)c2ccccc2)c1C. The zero-order valence-electron chi connectivity index (χ0n) is 17.7. The zero-order chi connectivity index (χ0) is 22.5. The first-order chi connectivity index (χ1) is 14.8. The fourth-order valence-electron chi connectivity index (χ4n) is 3.78. The molecule has 0 spiro atoms. The van der Waals surface area contributed by atoms with Gasteiger partial charge < -0.3 is 9.72 Å². The lowest BCUT2D eigenvalue weighted by Gasteiger charge is -2.17. The summed E-state index contributed by atoms with van der Waals surface area (Å²) in [5, 5.41) is 10.9. The van der Waals surface area contributed by atoms with Crippen molar-refractivity contribution in [3.63, 3.8) is 0 Å². The Morgan fingerprint density at radius 1 is 1.06 bits per heavy atom. The summed E-state index contributed by atoms with van der Waals surface area (Å²) in [7, 11) is 0. The Labute approximate surface area is 180 Å². The molecule has 1 aromatic heterocycles. The fourth-order valence-corrected chi connectivity index (χ4v) is 3.78. The molecule has 0 aliphatic carbocycles. The van der Waals surface area contributed by atoms with E-state index in [9.17, 15) is 19.7 Å². The number of aryl methyl sites for hydroxylation is 1. The van der Waals surface area contributed by atoms with E-state index >= 15 is 0 Å². The van der Waals surface area contributed by atoms with Crippen molar-refractivity contribution < 1.29 is 19.2 Å². The van der Waals surface area contributed by atoms with Crippen molar-refractivity contribution >= 4 is 17.4 Å². The van der Waals surface area contributed by atoms with Crippen molar-refractivity contribution in [3.8, 4) is 0 Å². The number of hydrogen-bond acceptors (Lipinski definition) is 5. The van der Waals surface area contributed by atoms with Crippen molar-refractivity contribution in [2.75, 3.05) is 6.61 Å². The Hall–Kier alpha value is -3.74. The number of nitrogens with zero attached hydrogens (tertiary/aromatic N) is 1. The van der Waals surface area contributed by atoms with Gasteiger partial charge in [-0.1, -0.05) is 30.3 Å². The molecule has 1 heterocycles. The van der Waals surface area contributed by atoms with Crippen LogP contribution in [0.5, 0.6) is 0 Å². The van der Waals surface area contributed by atoms with Gasteiger partial charge in [-0.25, -0.2) is 4.79 Å². The molecule has 3 aromatic rings. The third kappa shape index (κ3) is 4.71. The molecule has 1 unspecified atom stereocenters. The van der Waals surface area contributed by atoms with Crippen LogP contribution >= 0.6 is 0 Å². The standard InChI is InChI=1S/C24H24N2O5/c1-4-31-24(28)22-15(2)23(25-16(22)3)20(17-8-6-5-7-9-17)14-21(27)18-10-12-19(13-11-18)26(29)30/h5-13,20,25H,4,14H2,1-3H3. The smallest absolute Gasteiger partial charge is 0.340 e. The fraction of sp³-hybridized carbons (Fsp3) is 0.250. The average molecular weight is 420 g/mol. The Morgan fingerprint density at radius 3 is 2.29 bits per heavy atom. The molecule has 1 N–H and O–H groups in total. The molecule has 0 fully saturated rings. The minimum absolute atomic E-state index is 0.0638. The molecule has 160 valence electrons. The molecule has 0 saturated carbocycles. The number of rotatable bonds is 8. The Morgan fingerprint density at radius 2 is 1.71 bits per heavy atom. The number of ether oxygens (including phenoxy) is 1. The van der Waals surface area contributed by atoms with E-state index in [1.807, 2.05) is 44.2 Å². The van der Waals surface area contributed by atoms with Crippen LogP contribution in [-0.2, 0) is 4.74 Å². The van der Waals surface area contributed by atoms with Crippen molar-refractivity contribution in [2.24, 2.45) is 0 Å². The van der Waals surface area contributed by atoms with Crippen molar-refractivity contribution in [1.29, 1.82) is 0 Å². The number of aromatic amines is 1. The van der Waals surface area contributed by atoms with Gasteiger partial charge in [-0.3, -0.25) is 14.9 Å². The monoisotopic (exact) mass is 420 g/mol. The Bertz CT molecular complexity index is 1100. The lowest BCUT2D eigenvalue weighted by molar-refractivity contribution is -0.384. The van der Waals surface area contributed by atoms with Crippen molar-refractivity contribution in [2.45, 2.75) is 33.1 Å². The minimum atomic E-state index is -0.497. The number of carbonyl (C=O) groups excluding carboxylic acids is 2. The van der Waals surface area contributed by atoms with Crippen LogP contribution in [0.1, 0.15) is 62.5 Å². The summed E-state index contributed by atoms with van der Waals surface area (Å²) in [5.74, 6) is -0.854. The zero-order valence-corrected chi connectivity index (χ0v) is 17.7. The molecule has 3 rings (SSSR count). The number of esters is 1. The number of Topliss-reactive ketones (excluding diaryl/α,β-unsaturated/α-hetero) is 1. The number of carbonyl (C=O) groups is 2. The van der Waals surface area contributed by atoms with Crippen LogP contribution in [0.15, 0.2) is 54.6 Å². The number of H-pyrrole nitrogens is 1. The van der Waals surface area contributed by atoms with Gasteiger partial charge in [-0.2, -0.15) is 0 Å². The van der Waals surface area contributed by atoms with Crippen LogP contribution in [0.25, 0.3) is 0 Å². The van der Waals surface area contributed by atoms with Crippen LogP contribution in [0.2, 0.25) is 0 Å². The summed E-state index contributed by atoms with van der Waals surface area (Å²) in [6.07, 6.45) is 0.144. The lowest BCUT2D eigenvalue weighted by Crippen LogP contribution is -2.11. The van der Waals surface area contributed by atoms with Gasteiger partial charge in [0.2, 0.25) is 0 Å². The highest BCUT2D eigenvalue weighted by atomic mass is 16.6. The Kier molecular flexibility index (Phi) is 6.65. The molecule has 0 aliphatic rings. The highest BCUT2D eigenvalue weighted by Gasteiger charge is 2.27.